The number of sulfone groups is 1. The summed E-state index contributed by atoms with van der Waals surface area (Å²) >= 11 is 0. The molecule has 1 N–H and O–H groups in total. The normalized spacial score (nSPS) is 20.5. The zero-order chi connectivity index (χ0) is 15.6. The smallest absolute Gasteiger partial charge is 0.152 e. The lowest BCUT2D eigenvalue weighted by Crippen LogP contribution is -2.34. The van der Waals surface area contributed by atoms with Crippen molar-refractivity contribution in [2.24, 2.45) is 0 Å². The van der Waals surface area contributed by atoms with Gasteiger partial charge in [0.1, 0.15) is 17.5 Å². The quantitative estimate of drug-likeness (QED) is 0.886. The van der Waals surface area contributed by atoms with Crippen molar-refractivity contribution in [1.82, 2.24) is 9.97 Å². The molecule has 0 radical (unpaired) electrons. The molecule has 0 spiro atoms. The van der Waals surface area contributed by atoms with Crippen LogP contribution in [0.5, 0.6) is 0 Å². The van der Waals surface area contributed by atoms with Crippen LogP contribution >= 0.6 is 0 Å². The molecule has 21 heavy (non-hydrogen) atoms. The maximum atomic E-state index is 11.7. The fourth-order valence-electron chi connectivity index (χ4n) is 2.64. The molecule has 0 aromatic carbocycles. The summed E-state index contributed by atoms with van der Waals surface area (Å²) in [6, 6.07) is 0.00258. The maximum absolute atomic E-state index is 11.7. The van der Waals surface area contributed by atoms with Crippen molar-refractivity contribution in [2.45, 2.75) is 39.7 Å². The highest BCUT2D eigenvalue weighted by Crippen LogP contribution is 2.27. The van der Waals surface area contributed by atoms with E-state index in [1.807, 2.05) is 32.7 Å². The number of aryl methyl sites for hydroxylation is 1. The fraction of sp³-hybridized carbons (Fsp3) is 0.714. The van der Waals surface area contributed by atoms with Crippen molar-refractivity contribution in [1.29, 1.82) is 0 Å². The van der Waals surface area contributed by atoms with Crippen LogP contribution in [0, 0.1) is 6.92 Å². The molecule has 7 heteroatoms. The van der Waals surface area contributed by atoms with Gasteiger partial charge in [0.25, 0.3) is 0 Å². The van der Waals surface area contributed by atoms with Gasteiger partial charge in [-0.15, -0.1) is 0 Å². The van der Waals surface area contributed by atoms with Crippen molar-refractivity contribution in [3.05, 3.63) is 11.4 Å². The van der Waals surface area contributed by atoms with Crippen LogP contribution in [0.4, 0.5) is 11.6 Å². The molecular formula is C14H24N4O2S. The van der Waals surface area contributed by atoms with Crippen LogP contribution in [0.1, 0.15) is 31.7 Å². The number of aromatic nitrogens is 2. The predicted octanol–water partition coefficient (Wildman–Crippen LogP) is 1.40. The lowest BCUT2D eigenvalue weighted by molar-refractivity contribution is 0.600. The Bertz CT molecular complexity index is 616. The van der Waals surface area contributed by atoms with E-state index in [1.165, 1.54) is 0 Å². The van der Waals surface area contributed by atoms with Crippen molar-refractivity contribution in [3.8, 4) is 0 Å². The van der Waals surface area contributed by atoms with Crippen LogP contribution in [-0.4, -0.2) is 49.5 Å². The zero-order valence-electron chi connectivity index (χ0n) is 13.2. The third-order valence-electron chi connectivity index (χ3n) is 3.92. The van der Waals surface area contributed by atoms with Crippen LogP contribution in [0.25, 0.3) is 0 Å². The highest BCUT2D eigenvalue weighted by Gasteiger charge is 2.32. The van der Waals surface area contributed by atoms with Crippen LogP contribution in [0.15, 0.2) is 0 Å². The van der Waals surface area contributed by atoms with E-state index < -0.39 is 9.84 Å². The molecule has 1 fully saturated rings. The second-order valence-electron chi connectivity index (χ2n) is 5.49. The van der Waals surface area contributed by atoms with Gasteiger partial charge in [0.05, 0.1) is 11.5 Å². The van der Waals surface area contributed by atoms with Crippen molar-refractivity contribution in [2.75, 3.05) is 35.3 Å². The minimum atomic E-state index is -2.90. The molecule has 1 aromatic heterocycles. The Hall–Kier alpha value is -1.37. The molecule has 1 aliphatic heterocycles. The topological polar surface area (TPSA) is 75.2 Å². The van der Waals surface area contributed by atoms with Crippen molar-refractivity contribution in [3.63, 3.8) is 0 Å². The van der Waals surface area contributed by atoms with Crippen LogP contribution in [0.2, 0.25) is 0 Å². The lowest BCUT2D eigenvalue weighted by atomic mass is 10.2. The number of rotatable bonds is 5. The maximum Gasteiger partial charge on any atom is 0.152 e. The average molecular weight is 312 g/mol. The van der Waals surface area contributed by atoms with E-state index in [-0.39, 0.29) is 17.5 Å². The van der Waals surface area contributed by atoms with Gasteiger partial charge in [-0.1, -0.05) is 6.92 Å². The predicted molar refractivity (Wildman–Crippen MR) is 85.8 cm³/mol. The number of nitrogens with one attached hydrogen (secondary N) is 1. The molecule has 2 rings (SSSR count). The summed E-state index contributed by atoms with van der Waals surface area (Å²) < 4.78 is 23.4. The van der Waals surface area contributed by atoms with E-state index >= 15 is 0 Å². The van der Waals surface area contributed by atoms with Crippen LogP contribution in [-0.2, 0) is 16.3 Å². The monoisotopic (exact) mass is 312 g/mol. The van der Waals surface area contributed by atoms with E-state index in [2.05, 4.69) is 15.3 Å². The van der Waals surface area contributed by atoms with Crippen molar-refractivity contribution < 1.29 is 8.42 Å². The van der Waals surface area contributed by atoms with Gasteiger partial charge in [0.2, 0.25) is 0 Å². The van der Waals surface area contributed by atoms with Crippen molar-refractivity contribution >= 4 is 21.5 Å². The summed E-state index contributed by atoms with van der Waals surface area (Å²) in [5, 5.41) is 3.26. The second kappa shape index (κ2) is 6.17. The summed E-state index contributed by atoms with van der Waals surface area (Å²) in [6.45, 7) is 6.82. The SMILES string of the molecule is CCNc1nc(CC)nc(N(C)C2CCS(=O)(=O)C2)c1C. The molecule has 0 bridgehead atoms. The van der Waals surface area contributed by atoms with Gasteiger partial charge in [-0.05, 0) is 20.3 Å². The van der Waals surface area contributed by atoms with Gasteiger partial charge < -0.3 is 10.2 Å². The molecule has 118 valence electrons. The van der Waals surface area contributed by atoms with E-state index in [1.54, 1.807) is 0 Å². The molecule has 1 aliphatic rings. The summed E-state index contributed by atoms with van der Waals surface area (Å²) in [6.07, 6.45) is 1.42. The number of nitrogens with zero attached hydrogens (tertiary/aromatic N) is 3. The molecule has 6 nitrogen and oxygen atoms in total. The fourth-order valence-corrected chi connectivity index (χ4v) is 4.42. The average Bonchev–Trinajstić information content (AvgIpc) is 2.81. The summed E-state index contributed by atoms with van der Waals surface area (Å²) in [5.74, 6) is 2.93. The second-order valence-corrected chi connectivity index (χ2v) is 7.72. The highest BCUT2D eigenvalue weighted by atomic mass is 32.2. The molecule has 2 heterocycles. The highest BCUT2D eigenvalue weighted by molar-refractivity contribution is 7.91. The van der Waals surface area contributed by atoms with Gasteiger partial charge >= 0.3 is 0 Å². The van der Waals surface area contributed by atoms with Gasteiger partial charge in [-0.3, -0.25) is 0 Å². The Balaban J connectivity index is 2.35. The molecular weight excluding hydrogens is 288 g/mol. The standard InChI is InChI=1S/C14H24N4O2S/c1-5-12-16-13(15-6-2)10(3)14(17-12)18(4)11-7-8-21(19,20)9-11/h11H,5-9H2,1-4H3,(H,15,16,17). The van der Waals surface area contributed by atoms with Crippen LogP contribution < -0.4 is 10.2 Å². The third kappa shape index (κ3) is 3.45. The minimum Gasteiger partial charge on any atom is -0.370 e. The Morgan fingerprint density at radius 2 is 2.05 bits per heavy atom. The largest absolute Gasteiger partial charge is 0.370 e. The molecule has 1 saturated heterocycles. The zero-order valence-corrected chi connectivity index (χ0v) is 14.0. The Labute approximate surface area is 126 Å². The first-order chi connectivity index (χ1) is 9.88. The van der Waals surface area contributed by atoms with Gasteiger partial charge in [0, 0.05) is 31.6 Å². The van der Waals surface area contributed by atoms with Gasteiger partial charge in [-0.2, -0.15) is 0 Å². The lowest BCUT2D eigenvalue weighted by Gasteiger charge is -2.27. The minimum absolute atomic E-state index is 0.00258. The van der Waals surface area contributed by atoms with E-state index in [0.717, 1.165) is 36.0 Å². The molecule has 0 amide bonds. The Kier molecular flexibility index (Phi) is 4.70. The first-order valence-electron chi connectivity index (χ1n) is 7.42. The van der Waals surface area contributed by atoms with Gasteiger partial charge in [-0.25, -0.2) is 18.4 Å². The van der Waals surface area contributed by atoms with E-state index in [0.29, 0.717) is 6.42 Å². The molecule has 1 atom stereocenters. The van der Waals surface area contributed by atoms with Crippen LogP contribution in [0.3, 0.4) is 0 Å². The third-order valence-corrected chi connectivity index (χ3v) is 5.67. The molecule has 1 unspecified atom stereocenters. The van der Waals surface area contributed by atoms with E-state index in [4.69, 9.17) is 0 Å². The number of hydrogen-bond donors (Lipinski definition) is 1. The first-order valence-corrected chi connectivity index (χ1v) is 9.24. The molecule has 1 aromatic rings. The summed E-state index contributed by atoms with van der Waals surface area (Å²) in [7, 11) is -0.971. The number of hydrogen-bond acceptors (Lipinski definition) is 6. The molecule has 0 saturated carbocycles. The first kappa shape index (κ1) is 16.0. The summed E-state index contributed by atoms with van der Waals surface area (Å²) in [4.78, 5) is 11.1. The van der Waals surface area contributed by atoms with Gasteiger partial charge in [0.15, 0.2) is 9.84 Å². The summed E-state index contributed by atoms with van der Waals surface area (Å²) in [5.41, 5.74) is 0.973. The Morgan fingerprint density at radius 1 is 1.33 bits per heavy atom. The number of anilines is 2. The van der Waals surface area contributed by atoms with E-state index in [9.17, 15) is 8.42 Å². The Morgan fingerprint density at radius 3 is 2.57 bits per heavy atom. The molecule has 0 aliphatic carbocycles.